The molecule has 2 aromatic rings. The van der Waals surface area contributed by atoms with Gasteiger partial charge in [0.25, 0.3) is 0 Å². The molecule has 162 valence electrons. The molecule has 30 heavy (non-hydrogen) atoms. The molecule has 1 aromatic carbocycles. The van der Waals surface area contributed by atoms with E-state index in [2.05, 4.69) is 37.4 Å². The van der Waals surface area contributed by atoms with Crippen molar-refractivity contribution in [1.29, 1.82) is 0 Å². The number of anilines is 1. The highest BCUT2D eigenvalue weighted by Crippen LogP contribution is 2.28. The van der Waals surface area contributed by atoms with E-state index >= 15 is 0 Å². The summed E-state index contributed by atoms with van der Waals surface area (Å²) in [4.78, 5) is 9.73. The Morgan fingerprint density at radius 3 is 2.53 bits per heavy atom. The molecule has 0 spiro atoms. The molecule has 0 amide bonds. The molecular formula is C22H33N7O. The molecule has 1 saturated carbocycles. The van der Waals surface area contributed by atoms with Gasteiger partial charge in [0.2, 0.25) is 0 Å². The van der Waals surface area contributed by atoms with Gasteiger partial charge in [-0.3, -0.25) is 0 Å². The molecule has 1 aliphatic carbocycles. The van der Waals surface area contributed by atoms with Gasteiger partial charge < -0.3 is 24.4 Å². The van der Waals surface area contributed by atoms with Crippen molar-refractivity contribution in [3.05, 3.63) is 35.9 Å². The van der Waals surface area contributed by atoms with Crippen molar-refractivity contribution in [3.8, 4) is 5.75 Å². The molecule has 0 radical (unpaired) electrons. The van der Waals surface area contributed by atoms with Crippen LogP contribution < -0.4 is 15.0 Å². The van der Waals surface area contributed by atoms with Crippen molar-refractivity contribution in [2.75, 3.05) is 38.2 Å². The fourth-order valence-electron chi connectivity index (χ4n) is 4.27. The zero-order chi connectivity index (χ0) is 20.9. The first kappa shape index (κ1) is 20.5. The summed E-state index contributed by atoms with van der Waals surface area (Å²) in [7, 11) is 3.73. The number of benzene rings is 1. The highest BCUT2D eigenvalue weighted by molar-refractivity contribution is 5.80. The Morgan fingerprint density at radius 1 is 1.13 bits per heavy atom. The van der Waals surface area contributed by atoms with Gasteiger partial charge >= 0.3 is 0 Å². The Morgan fingerprint density at radius 2 is 1.87 bits per heavy atom. The van der Waals surface area contributed by atoms with E-state index in [0.29, 0.717) is 12.6 Å². The molecular weight excluding hydrogens is 378 g/mol. The second-order valence-electron chi connectivity index (χ2n) is 8.13. The van der Waals surface area contributed by atoms with E-state index in [1.165, 1.54) is 25.7 Å². The number of piperazine rings is 1. The van der Waals surface area contributed by atoms with E-state index in [9.17, 15) is 0 Å². The number of ether oxygens (including phenoxy) is 1. The van der Waals surface area contributed by atoms with Crippen LogP contribution >= 0.6 is 0 Å². The van der Waals surface area contributed by atoms with Crippen molar-refractivity contribution < 1.29 is 4.74 Å². The zero-order valence-electron chi connectivity index (χ0n) is 18.3. The second-order valence-corrected chi connectivity index (χ2v) is 8.13. The van der Waals surface area contributed by atoms with Gasteiger partial charge in [0, 0.05) is 39.3 Å². The monoisotopic (exact) mass is 411 g/mol. The molecule has 0 unspecified atom stereocenters. The van der Waals surface area contributed by atoms with Gasteiger partial charge in [-0.05, 0) is 31.9 Å². The number of hydrogen-bond donors (Lipinski definition) is 1. The average Bonchev–Trinajstić information content (AvgIpc) is 3.41. The molecule has 0 atom stereocenters. The van der Waals surface area contributed by atoms with Crippen LogP contribution in [0.5, 0.6) is 5.75 Å². The Labute approximate surface area is 178 Å². The standard InChI is InChI=1S/C22H33N7O/c1-17-25-26-21(27(17)2)16-23-22(24-18-8-4-5-9-18)29-14-12-28(13-15-29)19-10-6-7-11-20(19)30-3/h6-7,10-11,18H,4-5,8-9,12-16H2,1-3H3,(H,23,24). The minimum Gasteiger partial charge on any atom is -0.495 e. The van der Waals surface area contributed by atoms with Gasteiger partial charge in [-0.25, -0.2) is 4.99 Å². The summed E-state index contributed by atoms with van der Waals surface area (Å²) in [5.41, 5.74) is 1.16. The van der Waals surface area contributed by atoms with Crippen LogP contribution in [0.25, 0.3) is 0 Å². The highest BCUT2D eigenvalue weighted by atomic mass is 16.5. The lowest BCUT2D eigenvalue weighted by Gasteiger charge is -2.38. The van der Waals surface area contributed by atoms with E-state index in [-0.39, 0.29) is 0 Å². The van der Waals surface area contributed by atoms with E-state index in [4.69, 9.17) is 9.73 Å². The second kappa shape index (κ2) is 9.36. The Hall–Kier alpha value is -2.77. The first-order chi connectivity index (χ1) is 14.7. The average molecular weight is 412 g/mol. The minimum atomic E-state index is 0.525. The van der Waals surface area contributed by atoms with E-state index in [1.807, 2.05) is 30.7 Å². The van der Waals surface area contributed by atoms with Gasteiger partial charge in [-0.15, -0.1) is 10.2 Å². The molecule has 1 aromatic heterocycles. The van der Waals surface area contributed by atoms with Crippen molar-refractivity contribution >= 4 is 11.6 Å². The van der Waals surface area contributed by atoms with Gasteiger partial charge in [-0.1, -0.05) is 25.0 Å². The molecule has 2 heterocycles. The summed E-state index contributed by atoms with van der Waals surface area (Å²) in [6, 6.07) is 8.78. The topological polar surface area (TPSA) is 70.8 Å². The van der Waals surface area contributed by atoms with Crippen molar-refractivity contribution in [2.24, 2.45) is 12.0 Å². The zero-order valence-corrected chi connectivity index (χ0v) is 18.3. The summed E-state index contributed by atoms with van der Waals surface area (Å²) in [6.45, 7) is 6.24. The lowest BCUT2D eigenvalue weighted by atomic mass is 10.2. The molecule has 4 rings (SSSR count). The van der Waals surface area contributed by atoms with Crippen molar-refractivity contribution in [2.45, 2.75) is 45.2 Å². The van der Waals surface area contributed by atoms with Gasteiger partial charge in [0.1, 0.15) is 18.1 Å². The third-order valence-electron chi connectivity index (χ3n) is 6.25. The Balaban J connectivity index is 1.45. The van der Waals surface area contributed by atoms with Crippen LogP contribution in [0.1, 0.15) is 37.3 Å². The number of aliphatic imine (C=N–C) groups is 1. The summed E-state index contributed by atoms with van der Waals surface area (Å²) < 4.78 is 7.57. The molecule has 2 aliphatic rings. The first-order valence-corrected chi connectivity index (χ1v) is 10.9. The number of rotatable bonds is 5. The molecule has 1 aliphatic heterocycles. The normalized spacial score (nSPS) is 18.2. The van der Waals surface area contributed by atoms with E-state index < -0.39 is 0 Å². The Bertz CT molecular complexity index is 864. The number of aromatic nitrogens is 3. The first-order valence-electron chi connectivity index (χ1n) is 10.9. The van der Waals surface area contributed by atoms with Gasteiger partial charge in [-0.2, -0.15) is 0 Å². The number of aryl methyl sites for hydroxylation is 1. The van der Waals surface area contributed by atoms with Crippen LogP contribution in [0, 0.1) is 6.92 Å². The number of hydrogen-bond acceptors (Lipinski definition) is 5. The van der Waals surface area contributed by atoms with Gasteiger partial charge in [0.05, 0.1) is 12.8 Å². The molecule has 0 bridgehead atoms. The lowest BCUT2D eigenvalue weighted by molar-refractivity contribution is 0.360. The molecule has 2 fully saturated rings. The van der Waals surface area contributed by atoms with Crippen molar-refractivity contribution in [3.63, 3.8) is 0 Å². The van der Waals surface area contributed by atoms with E-state index in [0.717, 1.165) is 55.2 Å². The minimum absolute atomic E-state index is 0.525. The quantitative estimate of drug-likeness (QED) is 0.602. The smallest absolute Gasteiger partial charge is 0.194 e. The highest BCUT2D eigenvalue weighted by Gasteiger charge is 2.24. The van der Waals surface area contributed by atoms with Crippen LogP contribution in [0.2, 0.25) is 0 Å². The summed E-state index contributed by atoms with van der Waals surface area (Å²) >= 11 is 0. The molecule has 1 N–H and O–H groups in total. The number of nitrogens with one attached hydrogen (secondary N) is 1. The molecule has 1 saturated heterocycles. The van der Waals surface area contributed by atoms with E-state index in [1.54, 1.807) is 7.11 Å². The summed E-state index contributed by atoms with van der Waals surface area (Å²) in [5, 5.41) is 12.2. The third kappa shape index (κ3) is 4.52. The maximum absolute atomic E-state index is 5.56. The van der Waals surface area contributed by atoms with Crippen LogP contribution in [-0.2, 0) is 13.6 Å². The summed E-state index contributed by atoms with van der Waals surface area (Å²) in [5.74, 6) is 3.74. The number of methoxy groups -OCH3 is 1. The van der Waals surface area contributed by atoms with Crippen LogP contribution in [0.15, 0.2) is 29.3 Å². The predicted molar refractivity (Wildman–Crippen MR) is 119 cm³/mol. The Kier molecular flexibility index (Phi) is 6.40. The SMILES string of the molecule is COc1ccccc1N1CCN(C(=NCc2nnc(C)n2C)NC2CCCC2)CC1. The van der Waals surface area contributed by atoms with Crippen molar-refractivity contribution in [1.82, 2.24) is 25.0 Å². The fraction of sp³-hybridized carbons (Fsp3) is 0.591. The number of guanidine groups is 1. The maximum Gasteiger partial charge on any atom is 0.194 e. The fourth-order valence-corrected chi connectivity index (χ4v) is 4.27. The maximum atomic E-state index is 5.56. The van der Waals surface area contributed by atoms with Crippen LogP contribution in [0.3, 0.4) is 0 Å². The number of nitrogens with zero attached hydrogens (tertiary/aromatic N) is 6. The van der Waals surface area contributed by atoms with Gasteiger partial charge in [0.15, 0.2) is 11.8 Å². The predicted octanol–water partition coefficient (Wildman–Crippen LogP) is 2.34. The van der Waals surface area contributed by atoms with Crippen LogP contribution in [-0.4, -0.2) is 65.0 Å². The summed E-state index contributed by atoms with van der Waals surface area (Å²) in [6.07, 6.45) is 5.05. The largest absolute Gasteiger partial charge is 0.495 e. The molecule has 8 heteroatoms. The number of para-hydroxylation sites is 2. The lowest BCUT2D eigenvalue weighted by Crippen LogP contribution is -2.54. The third-order valence-corrected chi connectivity index (χ3v) is 6.25. The van der Waals surface area contributed by atoms with Crippen LogP contribution in [0.4, 0.5) is 5.69 Å². The molecule has 8 nitrogen and oxygen atoms in total.